The van der Waals surface area contributed by atoms with Crippen molar-refractivity contribution in [1.82, 2.24) is 24.8 Å². The topological polar surface area (TPSA) is 98.3 Å². The number of fused-ring (bicyclic) bond motifs is 1. The van der Waals surface area contributed by atoms with E-state index in [1.165, 1.54) is 11.3 Å². The Morgan fingerprint density at radius 1 is 1.19 bits per heavy atom. The standard InChI is InChI=1S/C27H33ClN6O2S/c1-3-12-33(14-11-30-2)13-4-5-15-36-21-9-10-22-23(17-21)34(18-31-22)27-32-24(25(37-27)26(29)35)19-7-6-8-20(28)16-19/h6-10,16-18,30H,3-5,11-15H2,1-2H3,(H2,29,35). The van der Waals surface area contributed by atoms with Gasteiger partial charge < -0.3 is 20.7 Å². The Bertz CT molecular complexity index is 1340. The number of carbonyl (C=O) groups is 1. The lowest BCUT2D eigenvalue weighted by atomic mass is 10.1. The SMILES string of the molecule is CCCN(CCCCOc1ccc2ncn(-c3nc(-c4cccc(Cl)c4)c(C(N)=O)s3)c2c1)CCNC. The van der Waals surface area contributed by atoms with Gasteiger partial charge in [-0.25, -0.2) is 9.97 Å². The van der Waals surface area contributed by atoms with Crippen LogP contribution in [0.25, 0.3) is 27.4 Å². The molecule has 0 aliphatic rings. The number of rotatable bonds is 14. The van der Waals surface area contributed by atoms with Crippen LogP contribution in [0.3, 0.4) is 0 Å². The summed E-state index contributed by atoms with van der Waals surface area (Å²) < 4.78 is 7.93. The Morgan fingerprint density at radius 3 is 2.81 bits per heavy atom. The van der Waals surface area contributed by atoms with Crippen molar-refractivity contribution in [2.45, 2.75) is 26.2 Å². The van der Waals surface area contributed by atoms with Crippen molar-refractivity contribution >= 4 is 39.9 Å². The molecule has 1 amide bonds. The van der Waals surface area contributed by atoms with Crippen molar-refractivity contribution in [3.05, 3.63) is 58.7 Å². The minimum atomic E-state index is -0.532. The number of hydrogen-bond acceptors (Lipinski definition) is 7. The molecular formula is C27H33ClN6O2S. The van der Waals surface area contributed by atoms with Gasteiger partial charge in [-0.2, -0.15) is 0 Å². The summed E-state index contributed by atoms with van der Waals surface area (Å²) in [6.07, 6.45) is 4.93. The first kappa shape index (κ1) is 27.1. The molecule has 0 saturated carbocycles. The number of benzene rings is 2. The summed E-state index contributed by atoms with van der Waals surface area (Å²) in [6, 6.07) is 13.1. The van der Waals surface area contributed by atoms with E-state index in [-0.39, 0.29) is 0 Å². The third-order valence-electron chi connectivity index (χ3n) is 6.02. The summed E-state index contributed by atoms with van der Waals surface area (Å²) in [4.78, 5) is 24.3. The van der Waals surface area contributed by atoms with Gasteiger partial charge in [-0.15, -0.1) is 0 Å². The lowest BCUT2D eigenvalue weighted by Crippen LogP contribution is -2.32. The number of aromatic nitrogens is 3. The highest BCUT2D eigenvalue weighted by molar-refractivity contribution is 7.16. The van der Waals surface area contributed by atoms with Crippen molar-refractivity contribution in [2.75, 3.05) is 39.8 Å². The molecule has 196 valence electrons. The molecule has 0 atom stereocenters. The molecule has 0 saturated heterocycles. The maximum absolute atomic E-state index is 12.2. The van der Waals surface area contributed by atoms with Gasteiger partial charge in [0.25, 0.3) is 5.91 Å². The summed E-state index contributed by atoms with van der Waals surface area (Å²) in [5.41, 5.74) is 8.59. The highest BCUT2D eigenvalue weighted by atomic mass is 35.5. The van der Waals surface area contributed by atoms with Crippen LogP contribution >= 0.6 is 22.9 Å². The molecule has 8 nitrogen and oxygen atoms in total. The summed E-state index contributed by atoms with van der Waals surface area (Å²) in [5.74, 6) is 0.243. The number of ether oxygens (including phenoxy) is 1. The Morgan fingerprint density at radius 2 is 2.05 bits per heavy atom. The van der Waals surface area contributed by atoms with Crippen molar-refractivity contribution in [2.24, 2.45) is 5.73 Å². The van der Waals surface area contributed by atoms with Crippen LogP contribution in [0.1, 0.15) is 35.9 Å². The number of halogens is 1. The molecule has 4 aromatic rings. The summed E-state index contributed by atoms with van der Waals surface area (Å²) in [5, 5.41) is 4.38. The molecule has 0 unspecified atom stereocenters. The number of imidazole rings is 1. The van der Waals surface area contributed by atoms with Gasteiger partial charge in [0.1, 0.15) is 17.0 Å². The highest BCUT2D eigenvalue weighted by Crippen LogP contribution is 2.33. The van der Waals surface area contributed by atoms with Crippen molar-refractivity contribution in [3.8, 4) is 22.1 Å². The number of nitrogens with zero attached hydrogens (tertiary/aromatic N) is 4. The van der Waals surface area contributed by atoms with Gasteiger partial charge in [0.05, 0.1) is 23.3 Å². The highest BCUT2D eigenvalue weighted by Gasteiger charge is 2.20. The Balaban J connectivity index is 1.47. The molecule has 0 spiro atoms. The summed E-state index contributed by atoms with van der Waals surface area (Å²) in [7, 11) is 1.99. The van der Waals surface area contributed by atoms with E-state index in [0.717, 1.165) is 67.8 Å². The molecule has 0 radical (unpaired) electrons. The second-order valence-electron chi connectivity index (χ2n) is 8.81. The first-order chi connectivity index (χ1) is 18.0. The smallest absolute Gasteiger partial charge is 0.261 e. The number of nitrogens with one attached hydrogen (secondary N) is 1. The van der Waals surface area contributed by atoms with E-state index in [1.807, 2.05) is 41.9 Å². The summed E-state index contributed by atoms with van der Waals surface area (Å²) in [6.45, 7) is 7.13. The predicted molar refractivity (Wildman–Crippen MR) is 151 cm³/mol. The van der Waals surface area contributed by atoms with Gasteiger partial charge in [-0.3, -0.25) is 9.36 Å². The fourth-order valence-electron chi connectivity index (χ4n) is 4.19. The number of amides is 1. The van der Waals surface area contributed by atoms with E-state index < -0.39 is 5.91 Å². The molecule has 2 aromatic carbocycles. The first-order valence-electron chi connectivity index (χ1n) is 12.5. The molecule has 4 rings (SSSR count). The van der Waals surface area contributed by atoms with Crippen LogP contribution in [0.5, 0.6) is 5.75 Å². The van der Waals surface area contributed by atoms with Crippen LogP contribution in [0.15, 0.2) is 48.8 Å². The lowest BCUT2D eigenvalue weighted by Gasteiger charge is -2.21. The zero-order valence-electron chi connectivity index (χ0n) is 21.2. The molecule has 3 N–H and O–H groups in total. The molecule has 10 heteroatoms. The zero-order valence-corrected chi connectivity index (χ0v) is 22.8. The number of thiazole rings is 1. The van der Waals surface area contributed by atoms with E-state index in [2.05, 4.69) is 22.1 Å². The van der Waals surface area contributed by atoms with Crippen molar-refractivity contribution < 1.29 is 9.53 Å². The first-order valence-corrected chi connectivity index (χ1v) is 13.7. The fraction of sp³-hybridized carbons (Fsp3) is 0.370. The number of carbonyl (C=O) groups excluding carboxylic acids is 1. The largest absolute Gasteiger partial charge is 0.494 e. The minimum Gasteiger partial charge on any atom is -0.494 e. The monoisotopic (exact) mass is 540 g/mol. The minimum absolute atomic E-state index is 0.373. The van der Waals surface area contributed by atoms with E-state index in [1.54, 1.807) is 18.5 Å². The van der Waals surface area contributed by atoms with E-state index in [4.69, 9.17) is 27.1 Å². The average molecular weight is 541 g/mol. The number of unbranched alkanes of at least 4 members (excludes halogenated alkanes) is 1. The van der Waals surface area contributed by atoms with Crippen LogP contribution in [0.2, 0.25) is 5.02 Å². The molecular weight excluding hydrogens is 508 g/mol. The van der Waals surface area contributed by atoms with E-state index >= 15 is 0 Å². The van der Waals surface area contributed by atoms with Crippen LogP contribution < -0.4 is 15.8 Å². The van der Waals surface area contributed by atoms with E-state index in [9.17, 15) is 4.79 Å². The van der Waals surface area contributed by atoms with Gasteiger partial charge in [-0.1, -0.05) is 42.0 Å². The van der Waals surface area contributed by atoms with Crippen molar-refractivity contribution in [1.29, 1.82) is 0 Å². The third-order valence-corrected chi connectivity index (χ3v) is 7.32. The molecule has 2 heterocycles. The Hall–Kier alpha value is -2.98. The Kier molecular flexibility index (Phi) is 9.51. The normalized spacial score (nSPS) is 11.5. The third kappa shape index (κ3) is 6.87. The second-order valence-corrected chi connectivity index (χ2v) is 10.2. The zero-order chi connectivity index (χ0) is 26.2. The maximum Gasteiger partial charge on any atom is 0.261 e. The average Bonchev–Trinajstić information content (AvgIpc) is 3.51. The van der Waals surface area contributed by atoms with Gasteiger partial charge in [0.2, 0.25) is 0 Å². The molecule has 0 bridgehead atoms. The summed E-state index contributed by atoms with van der Waals surface area (Å²) >= 11 is 7.39. The van der Waals surface area contributed by atoms with Gasteiger partial charge >= 0.3 is 0 Å². The van der Waals surface area contributed by atoms with Crippen LogP contribution in [-0.4, -0.2) is 65.2 Å². The molecule has 37 heavy (non-hydrogen) atoms. The number of nitrogens with two attached hydrogens (primary N) is 1. The molecule has 0 aliphatic carbocycles. The fourth-order valence-corrected chi connectivity index (χ4v) is 5.30. The molecule has 0 aliphatic heterocycles. The molecule has 2 aromatic heterocycles. The second kappa shape index (κ2) is 13.0. The number of hydrogen-bond donors (Lipinski definition) is 2. The van der Waals surface area contributed by atoms with Gasteiger partial charge in [0, 0.05) is 29.7 Å². The Labute approximate surface area is 226 Å². The van der Waals surface area contributed by atoms with Crippen LogP contribution in [-0.2, 0) is 0 Å². The van der Waals surface area contributed by atoms with Crippen molar-refractivity contribution in [3.63, 3.8) is 0 Å². The van der Waals surface area contributed by atoms with Gasteiger partial charge in [-0.05, 0) is 63.7 Å². The maximum atomic E-state index is 12.2. The van der Waals surface area contributed by atoms with Crippen LogP contribution in [0.4, 0.5) is 0 Å². The van der Waals surface area contributed by atoms with Gasteiger partial charge in [0.15, 0.2) is 5.13 Å². The molecule has 0 fully saturated rings. The quantitative estimate of drug-likeness (QED) is 0.219. The predicted octanol–water partition coefficient (Wildman–Crippen LogP) is 4.99. The van der Waals surface area contributed by atoms with E-state index in [0.29, 0.717) is 27.3 Å². The van der Waals surface area contributed by atoms with Crippen LogP contribution in [0, 0.1) is 0 Å². The number of primary amides is 1. The lowest BCUT2D eigenvalue weighted by molar-refractivity contribution is 0.100. The number of likely N-dealkylation sites (N-methyl/N-ethyl adjacent to an activating group) is 1.